The summed E-state index contributed by atoms with van der Waals surface area (Å²) >= 11 is 0. The molecule has 0 saturated heterocycles. The van der Waals surface area contributed by atoms with Crippen molar-refractivity contribution in [2.45, 2.75) is 32.1 Å². The van der Waals surface area contributed by atoms with Crippen LogP contribution in [-0.2, 0) is 0 Å². The first-order chi connectivity index (χ1) is 5.91. The van der Waals surface area contributed by atoms with Crippen molar-refractivity contribution in [2.24, 2.45) is 5.92 Å². The second-order valence-corrected chi connectivity index (χ2v) is 4.02. The zero-order valence-electron chi connectivity index (χ0n) is 8.48. The van der Waals surface area contributed by atoms with Crippen LogP contribution in [0.4, 0.5) is 8.78 Å². The molecule has 1 unspecified atom stereocenters. The molecule has 0 aliphatic heterocycles. The van der Waals surface area contributed by atoms with Crippen LogP contribution in [0.3, 0.4) is 0 Å². The largest absolute Gasteiger partial charge is 0.381 e. The van der Waals surface area contributed by atoms with Crippen LogP contribution in [0.15, 0.2) is 11.8 Å². The van der Waals surface area contributed by atoms with Crippen LogP contribution in [0, 0.1) is 5.92 Å². The Morgan fingerprint density at radius 1 is 1.46 bits per heavy atom. The fourth-order valence-electron chi connectivity index (χ4n) is 1.69. The van der Waals surface area contributed by atoms with Crippen LogP contribution in [0.25, 0.3) is 0 Å². The van der Waals surface area contributed by atoms with Gasteiger partial charge in [-0.25, -0.2) is 8.78 Å². The Morgan fingerprint density at radius 3 is 2.54 bits per heavy atom. The lowest BCUT2D eigenvalue weighted by molar-refractivity contribution is -0.0457. The highest BCUT2D eigenvalue weighted by Gasteiger charge is 2.35. The van der Waals surface area contributed by atoms with E-state index in [-0.39, 0.29) is 0 Å². The van der Waals surface area contributed by atoms with Gasteiger partial charge in [-0.05, 0) is 26.2 Å². The van der Waals surface area contributed by atoms with Gasteiger partial charge in [0.05, 0.1) is 0 Å². The van der Waals surface area contributed by atoms with E-state index in [9.17, 15) is 8.78 Å². The summed E-state index contributed by atoms with van der Waals surface area (Å²) in [4.78, 5) is 1.93. The van der Waals surface area contributed by atoms with E-state index in [0.29, 0.717) is 12.8 Å². The minimum absolute atomic E-state index is 0.477. The van der Waals surface area contributed by atoms with Gasteiger partial charge in [0.15, 0.2) is 0 Å². The van der Waals surface area contributed by atoms with Gasteiger partial charge in [0.1, 0.15) is 0 Å². The lowest BCUT2D eigenvalue weighted by Gasteiger charge is -2.30. The molecule has 1 aliphatic rings. The fraction of sp³-hybridized carbons (Fsp3) is 0.800. The van der Waals surface area contributed by atoms with E-state index in [2.05, 4.69) is 6.08 Å². The number of hydrogen-bond donors (Lipinski definition) is 0. The zero-order valence-corrected chi connectivity index (χ0v) is 8.48. The highest BCUT2D eigenvalue weighted by atomic mass is 19.3. The van der Waals surface area contributed by atoms with E-state index in [0.717, 1.165) is 19.0 Å². The Hall–Kier alpha value is -0.600. The summed E-state index contributed by atoms with van der Waals surface area (Å²) in [5, 5.41) is 0. The maximum atomic E-state index is 13.0. The van der Waals surface area contributed by atoms with Gasteiger partial charge in [0.25, 0.3) is 0 Å². The first-order valence-electron chi connectivity index (χ1n) is 4.65. The molecule has 0 spiro atoms. The van der Waals surface area contributed by atoms with Crippen molar-refractivity contribution in [1.29, 1.82) is 0 Å². The molecule has 13 heavy (non-hydrogen) atoms. The first-order valence-corrected chi connectivity index (χ1v) is 4.65. The summed E-state index contributed by atoms with van der Waals surface area (Å²) in [6, 6.07) is 0. The lowest BCUT2D eigenvalue weighted by Crippen LogP contribution is -2.29. The second kappa shape index (κ2) is 3.64. The standard InChI is InChI=1S/C10H17F2N/c1-10(11,12)8-5-4-6-9(7-8)13(2)3/h6,8H,4-5,7H2,1-3H3. The number of nitrogens with zero attached hydrogens (tertiary/aromatic N) is 1. The molecule has 0 amide bonds. The van der Waals surface area contributed by atoms with Gasteiger partial charge < -0.3 is 4.90 Å². The van der Waals surface area contributed by atoms with E-state index in [1.165, 1.54) is 0 Å². The molecule has 0 saturated carbocycles. The SMILES string of the molecule is CN(C)C1=CCCC(C(C)(F)F)C1. The molecule has 0 radical (unpaired) electrons. The van der Waals surface area contributed by atoms with Crippen LogP contribution < -0.4 is 0 Å². The molecule has 0 aromatic heterocycles. The van der Waals surface area contributed by atoms with Crippen molar-refractivity contribution < 1.29 is 8.78 Å². The van der Waals surface area contributed by atoms with E-state index < -0.39 is 11.8 Å². The average Bonchev–Trinajstić information content (AvgIpc) is 2.03. The number of hydrogen-bond acceptors (Lipinski definition) is 1. The molecule has 0 N–H and O–H groups in total. The van der Waals surface area contributed by atoms with Crippen molar-refractivity contribution in [2.75, 3.05) is 14.1 Å². The van der Waals surface area contributed by atoms with Crippen LogP contribution >= 0.6 is 0 Å². The highest BCUT2D eigenvalue weighted by Crippen LogP contribution is 2.36. The Labute approximate surface area is 78.4 Å². The molecule has 0 aromatic rings. The van der Waals surface area contributed by atoms with Crippen molar-refractivity contribution in [3.63, 3.8) is 0 Å². The second-order valence-electron chi connectivity index (χ2n) is 4.02. The topological polar surface area (TPSA) is 3.24 Å². The molecule has 1 nitrogen and oxygen atoms in total. The lowest BCUT2D eigenvalue weighted by atomic mass is 9.87. The maximum absolute atomic E-state index is 13.0. The predicted molar refractivity (Wildman–Crippen MR) is 49.7 cm³/mol. The third kappa shape index (κ3) is 2.68. The average molecular weight is 189 g/mol. The van der Waals surface area contributed by atoms with Crippen molar-refractivity contribution in [1.82, 2.24) is 4.90 Å². The Morgan fingerprint density at radius 2 is 2.08 bits per heavy atom. The quantitative estimate of drug-likeness (QED) is 0.645. The molecular weight excluding hydrogens is 172 g/mol. The molecule has 0 aromatic carbocycles. The normalized spacial score (nSPS) is 24.1. The molecule has 1 atom stereocenters. The van der Waals surface area contributed by atoms with Crippen molar-refractivity contribution >= 4 is 0 Å². The Bertz CT molecular complexity index is 203. The number of alkyl halides is 2. The first kappa shape index (κ1) is 10.5. The number of allylic oxidation sites excluding steroid dienone is 2. The van der Waals surface area contributed by atoms with Crippen LogP contribution in [0.1, 0.15) is 26.2 Å². The third-order valence-electron chi connectivity index (χ3n) is 2.64. The van der Waals surface area contributed by atoms with Crippen LogP contribution in [-0.4, -0.2) is 24.9 Å². The summed E-state index contributed by atoms with van der Waals surface area (Å²) in [6.07, 6.45) is 3.96. The van der Waals surface area contributed by atoms with E-state index in [4.69, 9.17) is 0 Å². The van der Waals surface area contributed by atoms with Gasteiger partial charge in [-0.2, -0.15) is 0 Å². The molecular formula is C10H17F2N. The summed E-state index contributed by atoms with van der Waals surface area (Å²) in [5.41, 5.74) is 1.04. The Kier molecular flexibility index (Phi) is 2.94. The van der Waals surface area contributed by atoms with E-state index >= 15 is 0 Å². The van der Waals surface area contributed by atoms with Crippen molar-refractivity contribution in [3.8, 4) is 0 Å². The molecule has 3 heteroatoms. The molecule has 1 rings (SSSR count). The molecule has 1 aliphatic carbocycles. The molecule has 0 fully saturated rings. The van der Waals surface area contributed by atoms with Gasteiger partial charge in [0, 0.05) is 25.7 Å². The molecule has 76 valence electrons. The minimum Gasteiger partial charge on any atom is -0.381 e. The number of halogens is 2. The maximum Gasteiger partial charge on any atom is 0.248 e. The van der Waals surface area contributed by atoms with Gasteiger partial charge >= 0.3 is 0 Å². The van der Waals surface area contributed by atoms with Gasteiger partial charge in [0.2, 0.25) is 5.92 Å². The van der Waals surface area contributed by atoms with Gasteiger partial charge in [-0.15, -0.1) is 0 Å². The molecule has 0 bridgehead atoms. The predicted octanol–water partition coefficient (Wildman–Crippen LogP) is 2.89. The smallest absolute Gasteiger partial charge is 0.248 e. The van der Waals surface area contributed by atoms with E-state index in [1.54, 1.807) is 0 Å². The fourth-order valence-corrected chi connectivity index (χ4v) is 1.69. The monoisotopic (exact) mass is 189 g/mol. The minimum atomic E-state index is -2.53. The van der Waals surface area contributed by atoms with Crippen LogP contribution in [0.2, 0.25) is 0 Å². The summed E-state index contributed by atoms with van der Waals surface area (Å²) in [7, 11) is 3.81. The summed E-state index contributed by atoms with van der Waals surface area (Å²) in [5.74, 6) is -3.01. The summed E-state index contributed by atoms with van der Waals surface area (Å²) in [6.45, 7) is 1.02. The van der Waals surface area contributed by atoms with Crippen LogP contribution in [0.5, 0.6) is 0 Å². The van der Waals surface area contributed by atoms with Gasteiger partial charge in [-0.3, -0.25) is 0 Å². The van der Waals surface area contributed by atoms with Crippen molar-refractivity contribution in [3.05, 3.63) is 11.8 Å². The third-order valence-corrected chi connectivity index (χ3v) is 2.64. The highest BCUT2D eigenvalue weighted by molar-refractivity contribution is 5.06. The summed E-state index contributed by atoms with van der Waals surface area (Å²) < 4.78 is 26.0. The van der Waals surface area contributed by atoms with Gasteiger partial charge in [-0.1, -0.05) is 6.08 Å². The Balaban J connectivity index is 2.63. The van der Waals surface area contributed by atoms with E-state index in [1.807, 2.05) is 19.0 Å². The number of rotatable bonds is 2. The molecule has 0 heterocycles. The zero-order chi connectivity index (χ0) is 10.1.